The van der Waals surface area contributed by atoms with Crippen LogP contribution in [-0.4, -0.2) is 30.8 Å². The molecule has 1 fully saturated rings. The van der Waals surface area contributed by atoms with E-state index < -0.39 is 0 Å². The number of allylic oxidation sites excluding steroid dienone is 2. The molecule has 4 rings (SSSR count). The van der Waals surface area contributed by atoms with E-state index in [1.54, 1.807) is 16.9 Å². The smallest absolute Gasteiger partial charge is 0.160 e. The van der Waals surface area contributed by atoms with Crippen molar-refractivity contribution in [2.45, 2.75) is 39.0 Å². The maximum Gasteiger partial charge on any atom is 0.160 e. The lowest BCUT2D eigenvalue weighted by Crippen LogP contribution is -2.35. The Labute approximate surface area is 203 Å². The van der Waals surface area contributed by atoms with Crippen LogP contribution in [0.3, 0.4) is 0 Å². The van der Waals surface area contributed by atoms with Gasteiger partial charge in [0.2, 0.25) is 0 Å². The van der Waals surface area contributed by atoms with Gasteiger partial charge < -0.3 is 0 Å². The molecule has 0 unspecified atom stereocenters. The number of benzene rings is 1. The van der Waals surface area contributed by atoms with E-state index in [2.05, 4.69) is 61.4 Å². The molecule has 1 saturated carbocycles. The second-order valence-electron chi connectivity index (χ2n) is 9.48. The molecule has 0 radical (unpaired) electrons. The van der Waals surface area contributed by atoms with Crippen molar-refractivity contribution in [3.05, 3.63) is 89.4 Å². The van der Waals surface area contributed by atoms with Gasteiger partial charge in [-0.25, -0.2) is 0 Å². The molecule has 33 heavy (non-hydrogen) atoms. The molecule has 0 spiro atoms. The fraction of sp³-hybridized carbons (Fsp3) is 0.367. The summed E-state index contributed by atoms with van der Waals surface area (Å²) in [6.45, 7) is 13.1. The van der Waals surface area contributed by atoms with Gasteiger partial charge in [-0.1, -0.05) is 81.5 Å². The van der Waals surface area contributed by atoms with Gasteiger partial charge in [-0.2, -0.15) is 0 Å². The molecule has 0 N–H and O–H groups in total. The van der Waals surface area contributed by atoms with Crippen molar-refractivity contribution in [3.63, 3.8) is 0 Å². The number of rotatable bonds is 8. The van der Waals surface area contributed by atoms with Crippen molar-refractivity contribution >= 4 is 23.2 Å². The first-order valence-electron chi connectivity index (χ1n) is 12.2. The molecule has 0 bridgehead atoms. The van der Waals surface area contributed by atoms with Gasteiger partial charge in [0.05, 0.1) is 4.88 Å². The molecule has 0 amide bonds. The number of aldehydes is 1. The minimum atomic E-state index is 0.620. The normalized spacial score (nSPS) is 22.3. The summed E-state index contributed by atoms with van der Waals surface area (Å²) in [7, 11) is 0. The largest absolute Gasteiger partial charge is 0.297 e. The van der Waals surface area contributed by atoms with Crippen LogP contribution in [0.5, 0.6) is 0 Å². The summed E-state index contributed by atoms with van der Waals surface area (Å²) >= 11 is 1.63. The minimum absolute atomic E-state index is 0.620. The Bertz CT molecular complexity index is 1050. The summed E-state index contributed by atoms with van der Waals surface area (Å²) in [5.74, 6) is 1.44. The van der Waals surface area contributed by atoms with E-state index >= 15 is 0 Å². The predicted molar refractivity (Wildman–Crippen MR) is 143 cm³/mol. The maximum absolute atomic E-state index is 12.1. The topological polar surface area (TPSA) is 20.3 Å². The van der Waals surface area contributed by atoms with Gasteiger partial charge >= 0.3 is 0 Å². The summed E-state index contributed by atoms with van der Waals surface area (Å²) in [5.41, 5.74) is 6.57. The SMILES string of the molecule is C=C/C=C(\C=C)CN1CCC(c2cc(-c3ccccc3)sc2C=O)=C(C2CCC(C)CC2)C1. The summed E-state index contributed by atoms with van der Waals surface area (Å²) in [6, 6.07) is 12.7. The molecule has 2 aromatic rings. The Morgan fingerprint density at radius 3 is 2.58 bits per heavy atom. The van der Waals surface area contributed by atoms with Crippen LogP contribution < -0.4 is 0 Å². The Kier molecular flexibility index (Phi) is 7.95. The first-order chi connectivity index (χ1) is 16.1. The third kappa shape index (κ3) is 5.54. The summed E-state index contributed by atoms with van der Waals surface area (Å²) in [5, 5.41) is 0. The van der Waals surface area contributed by atoms with Crippen molar-refractivity contribution in [1.29, 1.82) is 0 Å². The Morgan fingerprint density at radius 2 is 1.91 bits per heavy atom. The lowest BCUT2D eigenvalue weighted by Gasteiger charge is -2.37. The summed E-state index contributed by atoms with van der Waals surface area (Å²) in [6.07, 6.45) is 13.0. The van der Waals surface area contributed by atoms with E-state index in [1.807, 2.05) is 18.2 Å². The van der Waals surface area contributed by atoms with Crippen LogP contribution in [-0.2, 0) is 0 Å². The molecule has 2 heterocycles. The fourth-order valence-corrected chi connectivity index (χ4v) is 6.35. The standard InChI is InChI=1S/C30H35NOS/c1-4-9-23(5-2)19-31-17-16-26(28(20-31)24-14-12-22(3)13-15-24)27-18-29(33-30(27)21-32)25-10-7-6-8-11-25/h4-11,18,21-22,24H,1-2,12-17,19-20H2,3H3/b23-9+. The van der Waals surface area contributed by atoms with Gasteiger partial charge in [0.15, 0.2) is 6.29 Å². The third-order valence-corrected chi connectivity index (χ3v) is 8.33. The molecule has 172 valence electrons. The highest BCUT2D eigenvalue weighted by Gasteiger charge is 2.30. The third-order valence-electron chi connectivity index (χ3n) is 7.22. The molecule has 1 aromatic heterocycles. The van der Waals surface area contributed by atoms with Gasteiger partial charge in [-0.3, -0.25) is 9.69 Å². The van der Waals surface area contributed by atoms with E-state index in [0.717, 1.165) is 43.1 Å². The van der Waals surface area contributed by atoms with Crippen LogP contribution in [0.15, 0.2) is 78.9 Å². The molecule has 1 aromatic carbocycles. The van der Waals surface area contributed by atoms with Crippen molar-refractivity contribution in [3.8, 4) is 10.4 Å². The number of nitrogens with zero attached hydrogens (tertiary/aromatic N) is 1. The van der Waals surface area contributed by atoms with Crippen molar-refractivity contribution < 1.29 is 4.79 Å². The number of carbonyl (C=O) groups excluding carboxylic acids is 1. The Balaban J connectivity index is 1.71. The summed E-state index contributed by atoms with van der Waals surface area (Å²) < 4.78 is 0. The van der Waals surface area contributed by atoms with Gasteiger partial charge in [0.1, 0.15) is 0 Å². The van der Waals surface area contributed by atoms with Crippen LogP contribution in [0.4, 0.5) is 0 Å². The fourth-order valence-electron chi connectivity index (χ4n) is 5.34. The molecule has 2 nitrogen and oxygen atoms in total. The van der Waals surface area contributed by atoms with Crippen molar-refractivity contribution in [1.82, 2.24) is 4.90 Å². The highest BCUT2D eigenvalue weighted by molar-refractivity contribution is 7.17. The number of thiophene rings is 1. The average molecular weight is 458 g/mol. The molecular formula is C30H35NOS. The Hall–Kier alpha value is -2.49. The second kappa shape index (κ2) is 11.1. The van der Waals surface area contributed by atoms with Gasteiger partial charge in [0, 0.05) is 24.5 Å². The van der Waals surface area contributed by atoms with Crippen LogP contribution in [0.25, 0.3) is 16.0 Å². The quantitative estimate of drug-likeness (QED) is 0.297. The number of hydrogen-bond acceptors (Lipinski definition) is 3. The average Bonchev–Trinajstić information content (AvgIpc) is 3.29. The van der Waals surface area contributed by atoms with Crippen molar-refractivity contribution in [2.75, 3.05) is 19.6 Å². The van der Waals surface area contributed by atoms with Crippen LogP contribution in [0.1, 0.15) is 54.3 Å². The monoisotopic (exact) mass is 457 g/mol. The number of hydrogen-bond donors (Lipinski definition) is 0. The van der Waals surface area contributed by atoms with Gasteiger partial charge in [0.25, 0.3) is 0 Å². The molecule has 2 aliphatic rings. The first kappa shape index (κ1) is 23.7. The van der Waals surface area contributed by atoms with E-state index in [4.69, 9.17) is 0 Å². The number of carbonyl (C=O) groups is 1. The maximum atomic E-state index is 12.1. The zero-order chi connectivity index (χ0) is 23.2. The zero-order valence-corrected chi connectivity index (χ0v) is 20.6. The minimum Gasteiger partial charge on any atom is -0.297 e. The van der Waals surface area contributed by atoms with Gasteiger partial charge in [-0.05, 0) is 65.0 Å². The lowest BCUT2D eigenvalue weighted by molar-refractivity contribution is 0.112. The van der Waals surface area contributed by atoms with Crippen LogP contribution in [0, 0.1) is 11.8 Å². The second-order valence-corrected chi connectivity index (χ2v) is 10.6. The van der Waals surface area contributed by atoms with E-state index in [1.165, 1.54) is 52.8 Å². The molecular weight excluding hydrogens is 422 g/mol. The first-order valence-corrected chi connectivity index (χ1v) is 13.0. The lowest BCUT2D eigenvalue weighted by atomic mass is 9.75. The predicted octanol–water partition coefficient (Wildman–Crippen LogP) is 7.81. The van der Waals surface area contributed by atoms with E-state index in [-0.39, 0.29) is 0 Å². The van der Waals surface area contributed by atoms with E-state index in [9.17, 15) is 4.79 Å². The van der Waals surface area contributed by atoms with Gasteiger partial charge in [-0.15, -0.1) is 11.3 Å². The molecule has 1 aliphatic carbocycles. The molecule has 0 saturated heterocycles. The van der Waals surface area contributed by atoms with Crippen molar-refractivity contribution in [2.24, 2.45) is 11.8 Å². The van der Waals surface area contributed by atoms with Crippen LogP contribution >= 0.6 is 11.3 Å². The van der Waals surface area contributed by atoms with Crippen LogP contribution in [0.2, 0.25) is 0 Å². The molecule has 1 aliphatic heterocycles. The molecule has 3 heteroatoms. The Morgan fingerprint density at radius 1 is 1.15 bits per heavy atom. The summed E-state index contributed by atoms with van der Waals surface area (Å²) in [4.78, 5) is 16.7. The van der Waals surface area contributed by atoms with E-state index in [0.29, 0.717) is 5.92 Å². The highest BCUT2D eigenvalue weighted by atomic mass is 32.1. The molecule has 0 atom stereocenters. The zero-order valence-electron chi connectivity index (χ0n) is 19.8. The highest BCUT2D eigenvalue weighted by Crippen LogP contribution is 2.43.